The molecule has 0 fully saturated rings. The lowest BCUT2D eigenvalue weighted by Crippen LogP contribution is -2.30. The zero-order valence-corrected chi connectivity index (χ0v) is 24.0. The number of nitrogens with one attached hydrogen (secondary N) is 2. The maximum absolute atomic E-state index is 13.5. The van der Waals surface area contributed by atoms with Crippen LogP contribution in [-0.2, 0) is 10.5 Å². The van der Waals surface area contributed by atoms with Gasteiger partial charge in [-0.15, -0.1) is 11.8 Å². The fraction of sp³-hybridized carbons (Fsp3) is 0.0882. The Balaban J connectivity index is 1.35. The summed E-state index contributed by atoms with van der Waals surface area (Å²) in [5, 5.41) is 16.0. The first-order chi connectivity index (χ1) is 20.9. The number of ether oxygens (including phenoxy) is 1. The van der Waals surface area contributed by atoms with Crippen LogP contribution in [0.3, 0.4) is 0 Å². The van der Waals surface area contributed by atoms with Gasteiger partial charge in [0.25, 0.3) is 11.8 Å². The van der Waals surface area contributed by atoms with Crippen molar-refractivity contribution < 1.29 is 23.8 Å². The predicted octanol–water partition coefficient (Wildman–Crippen LogP) is 6.60. The van der Waals surface area contributed by atoms with Gasteiger partial charge in [-0.05, 0) is 67.6 Å². The Morgan fingerprint density at radius 1 is 0.930 bits per heavy atom. The Morgan fingerprint density at radius 3 is 2.53 bits per heavy atom. The van der Waals surface area contributed by atoms with Gasteiger partial charge in [0.1, 0.15) is 22.8 Å². The van der Waals surface area contributed by atoms with E-state index in [1.54, 1.807) is 72.8 Å². The zero-order chi connectivity index (χ0) is 30.2. The first kappa shape index (κ1) is 29.2. The number of carbonyl (C=O) groups excluding carboxylic acids is 2. The fourth-order valence-corrected chi connectivity index (χ4v) is 5.16. The third-order valence-electron chi connectivity index (χ3n) is 6.33. The predicted molar refractivity (Wildman–Crippen MR) is 168 cm³/mol. The van der Waals surface area contributed by atoms with Crippen molar-refractivity contribution in [3.63, 3.8) is 0 Å². The number of phenolic OH excluding ortho intramolecular Hbond substituents is 1. The molecule has 0 atom stereocenters. The van der Waals surface area contributed by atoms with E-state index < -0.39 is 17.4 Å². The van der Waals surface area contributed by atoms with Crippen LogP contribution in [0.2, 0.25) is 0 Å². The molecule has 0 unspecified atom stereocenters. The van der Waals surface area contributed by atoms with Crippen molar-refractivity contribution in [3.8, 4) is 11.5 Å². The molecule has 5 rings (SSSR count). The molecule has 0 aliphatic heterocycles. The van der Waals surface area contributed by atoms with E-state index in [2.05, 4.69) is 10.6 Å². The molecule has 0 saturated heterocycles. The van der Waals surface area contributed by atoms with Gasteiger partial charge in [-0.25, -0.2) is 4.79 Å². The molecule has 1 heterocycles. The highest BCUT2D eigenvalue weighted by atomic mass is 32.2. The number of benzene rings is 4. The van der Waals surface area contributed by atoms with Crippen LogP contribution in [0.15, 0.2) is 123 Å². The van der Waals surface area contributed by atoms with Crippen molar-refractivity contribution in [2.24, 2.45) is 0 Å². The average molecular weight is 593 g/mol. The molecule has 0 saturated carbocycles. The number of phenols is 1. The first-order valence-corrected chi connectivity index (χ1v) is 14.5. The minimum Gasteiger partial charge on any atom is -0.508 e. The second-order valence-electron chi connectivity index (χ2n) is 9.40. The second kappa shape index (κ2) is 13.6. The molecule has 4 aromatic carbocycles. The Labute approximate surface area is 252 Å². The van der Waals surface area contributed by atoms with Crippen LogP contribution in [0, 0.1) is 0 Å². The van der Waals surface area contributed by atoms with Crippen molar-refractivity contribution in [1.29, 1.82) is 0 Å². The summed E-state index contributed by atoms with van der Waals surface area (Å²) in [4.78, 5) is 39.8. The zero-order valence-electron chi connectivity index (χ0n) is 23.2. The summed E-state index contributed by atoms with van der Waals surface area (Å²) in [6.45, 7) is 2.31. The van der Waals surface area contributed by atoms with E-state index in [0.717, 1.165) is 4.90 Å². The fourth-order valence-electron chi connectivity index (χ4n) is 4.25. The van der Waals surface area contributed by atoms with Gasteiger partial charge in [0.05, 0.1) is 6.61 Å². The molecule has 43 heavy (non-hydrogen) atoms. The summed E-state index contributed by atoms with van der Waals surface area (Å²) < 4.78 is 11.1. The van der Waals surface area contributed by atoms with Gasteiger partial charge >= 0.3 is 5.63 Å². The number of para-hydroxylation sites is 1. The second-order valence-corrected chi connectivity index (χ2v) is 10.4. The standard InChI is InChI=1S/C34H28N2O6S/c1-2-41-30-14-7-6-11-23(30)18-29(36-32(38)22-9-4-3-5-10-22)33(39)35-26-12-8-13-28(19-26)43-21-25-17-24-15-16-27(37)20-31(24)42-34(25)40/h3-20,37H,2,21H2,1H3,(H,35,39)(H,36,38)/b29-18+. The molecular formula is C34H28N2O6S. The highest BCUT2D eigenvalue weighted by Crippen LogP contribution is 2.27. The number of hydrogen-bond acceptors (Lipinski definition) is 7. The Hall–Kier alpha value is -5.28. The SMILES string of the molecule is CCOc1ccccc1/C=C(/NC(=O)c1ccccc1)C(=O)Nc1cccc(SCc2cc3ccc(O)cc3oc2=O)c1. The van der Waals surface area contributed by atoms with E-state index in [0.29, 0.717) is 51.5 Å². The smallest absolute Gasteiger partial charge is 0.340 e. The normalized spacial score (nSPS) is 11.2. The minimum absolute atomic E-state index is 0.0211. The van der Waals surface area contributed by atoms with Gasteiger partial charge in [-0.3, -0.25) is 9.59 Å². The number of hydrogen-bond donors (Lipinski definition) is 3. The first-order valence-electron chi connectivity index (χ1n) is 13.5. The van der Waals surface area contributed by atoms with Crippen molar-refractivity contribution >= 4 is 46.3 Å². The highest BCUT2D eigenvalue weighted by Gasteiger charge is 2.16. The molecule has 8 nitrogen and oxygen atoms in total. The Bertz CT molecular complexity index is 1870. The highest BCUT2D eigenvalue weighted by molar-refractivity contribution is 7.98. The van der Waals surface area contributed by atoms with Gasteiger partial charge in [0.15, 0.2) is 0 Å². The van der Waals surface area contributed by atoms with Crippen LogP contribution < -0.4 is 21.0 Å². The van der Waals surface area contributed by atoms with Crippen LogP contribution in [0.25, 0.3) is 17.0 Å². The minimum atomic E-state index is -0.517. The molecule has 0 aliphatic carbocycles. The van der Waals surface area contributed by atoms with Crippen molar-refractivity contribution in [2.45, 2.75) is 17.6 Å². The molecule has 5 aromatic rings. The molecule has 216 valence electrons. The molecule has 0 aliphatic rings. The van der Waals surface area contributed by atoms with E-state index in [4.69, 9.17) is 9.15 Å². The molecule has 0 spiro atoms. The van der Waals surface area contributed by atoms with Crippen LogP contribution in [0.4, 0.5) is 5.69 Å². The summed E-state index contributed by atoms with van der Waals surface area (Å²) in [5.74, 6) is -0.00514. The van der Waals surface area contributed by atoms with Gasteiger partial charge in [0, 0.05) is 44.5 Å². The largest absolute Gasteiger partial charge is 0.508 e. The lowest BCUT2D eigenvalue weighted by Gasteiger charge is -2.13. The van der Waals surface area contributed by atoms with E-state index in [9.17, 15) is 19.5 Å². The van der Waals surface area contributed by atoms with Crippen LogP contribution in [0.1, 0.15) is 28.4 Å². The monoisotopic (exact) mass is 592 g/mol. The number of aromatic hydroxyl groups is 1. The lowest BCUT2D eigenvalue weighted by atomic mass is 10.1. The van der Waals surface area contributed by atoms with Crippen molar-refractivity contribution in [3.05, 3.63) is 136 Å². The van der Waals surface area contributed by atoms with Crippen LogP contribution in [0.5, 0.6) is 11.5 Å². The van der Waals surface area contributed by atoms with E-state index in [1.165, 1.54) is 23.9 Å². The Kier molecular flexibility index (Phi) is 9.23. The lowest BCUT2D eigenvalue weighted by molar-refractivity contribution is -0.113. The van der Waals surface area contributed by atoms with Gasteiger partial charge in [-0.2, -0.15) is 0 Å². The molecule has 0 bridgehead atoms. The Morgan fingerprint density at radius 2 is 1.72 bits per heavy atom. The van der Waals surface area contributed by atoms with Crippen LogP contribution >= 0.6 is 11.8 Å². The van der Waals surface area contributed by atoms with Gasteiger partial charge in [0.2, 0.25) is 0 Å². The molecule has 2 amide bonds. The summed E-state index contributed by atoms with van der Waals surface area (Å²) in [7, 11) is 0. The topological polar surface area (TPSA) is 118 Å². The number of amides is 2. The average Bonchev–Trinajstić information content (AvgIpc) is 3.01. The summed E-state index contributed by atoms with van der Waals surface area (Å²) in [6, 6.07) is 29.4. The van der Waals surface area contributed by atoms with E-state index in [-0.39, 0.29) is 11.4 Å². The number of carbonyl (C=O) groups is 2. The van der Waals surface area contributed by atoms with E-state index >= 15 is 0 Å². The number of fused-ring (bicyclic) bond motifs is 1. The van der Waals surface area contributed by atoms with Crippen molar-refractivity contribution in [2.75, 3.05) is 11.9 Å². The molecule has 0 radical (unpaired) electrons. The maximum atomic E-state index is 13.5. The van der Waals surface area contributed by atoms with E-state index in [1.807, 2.05) is 31.2 Å². The number of rotatable bonds is 10. The molecule has 3 N–H and O–H groups in total. The molecular weight excluding hydrogens is 564 g/mol. The van der Waals surface area contributed by atoms with Crippen molar-refractivity contribution in [1.82, 2.24) is 5.32 Å². The third kappa shape index (κ3) is 7.52. The molecule has 9 heteroatoms. The number of anilines is 1. The van der Waals surface area contributed by atoms with Gasteiger partial charge < -0.3 is 24.9 Å². The summed E-state index contributed by atoms with van der Waals surface area (Å²) in [6.07, 6.45) is 1.58. The summed E-state index contributed by atoms with van der Waals surface area (Å²) >= 11 is 1.41. The quantitative estimate of drug-likeness (QED) is 0.0950. The third-order valence-corrected chi connectivity index (χ3v) is 7.37. The summed E-state index contributed by atoms with van der Waals surface area (Å²) in [5.41, 5.74) is 1.90. The van der Waals surface area contributed by atoms with Gasteiger partial charge in [-0.1, -0.05) is 42.5 Å². The van der Waals surface area contributed by atoms with Crippen LogP contribution in [-0.4, -0.2) is 23.5 Å². The maximum Gasteiger partial charge on any atom is 0.340 e. The number of thioether (sulfide) groups is 1. The molecule has 1 aromatic heterocycles.